The van der Waals surface area contributed by atoms with Gasteiger partial charge in [0.2, 0.25) is 0 Å². The van der Waals surface area contributed by atoms with Gasteiger partial charge in [0, 0.05) is 0 Å². The fourth-order valence-corrected chi connectivity index (χ4v) is 0.846. The number of Topliss-reactive ketones (excluding diaryl/α,β-unsaturated/α-hetero) is 1. The van der Waals surface area contributed by atoms with Crippen LogP contribution in [0.25, 0.3) is 0 Å². The van der Waals surface area contributed by atoms with Crippen molar-refractivity contribution in [1.82, 2.24) is 0 Å². The SMILES string of the molecule is CC(=O)C(Br)=CC(Cl)=C(Cl)Cl. The smallest absolute Gasteiger partial charge is 0.166 e. The predicted molar refractivity (Wildman–Crippen MR) is 52.3 cm³/mol. The number of rotatable bonds is 2. The van der Waals surface area contributed by atoms with Crippen LogP contribution in [-0.2, 0) is 4.79 Å². The van der Waals surface area contributed by atoms with E-state index >= 15 is 0 Å². The van der Waals surface area contributed by atoms with Gasteiger partial charge in [-0.2, -0.15) is 0 Å². The van der Waals surface area contributed by atoms with E-state index in [1.807, 2.05) is 0 Å². The van der Waals surface area contributed by atoms with Crippen molar-refractivity contribution >= 4 is 56.5 Å². The Morgan fingerprint density at radius 1 is 1.36 bits per heavy atom. The second-order valence-electron chi connectivity index (χ2n) is 1.66. The van der Waals surface area contributed by atoms with E-state index in [4.69, 9.17) is 34.8 Å². The highest BCUT2D eigenvalue weighted by atomic mass is 79.9. The third-order valence-corrected chi connectivity index (χ3v) is 2.46. The maximum absolute atomic E-state index is 10.6. The highest BCUT2D eigenvalue weighted by Gasteiger charge is 2.01. The molecule has 0 amide bonds. The summed E-state index contributed by atoms with van der Waals surface area (Å²) < 4.78 is 0.270. The molecule has 5 heteroatoms. The summed E-state index contributed by atoms with van der Waals surface area (Å²) in [5.74, 6) is -0.141. The van der Waals surface area contributed by atoms with E-state index in [1.165, 1.54) is 13.0 Å². The van der Waals surface area contributed by atoms with Crippen molar-refractivity contribution in [3.05, 3.63) is 20.1 Å². The van der Waals surface area contributed by atoms with E-state index in [2.05, 4.69) is 15.9 Å². The fourth-order valence-electron chi connectivity index (χ4n) is 0.267. The zero-order valence-electron chi connectivity index (χ0n) is 5.50. The van der Waals surface area contributed by atoms with Gasteiger partial charge in [-0.1, -0.05) is 34.8 Å². The molecule has 0 aromatic rings. The summed E-state index contributed by atoms with van der Waals surface area (Å²) in [6, 6.07) is 0. The first kappa shape index (κ1) is 11.5. The normalized spacial score (nSPS) is 11.2. The molecule has 62 valence electrons. The Morgan fingerprint density at radius 3 is 2.09 bits per heavy atom. The Bertz CT molecular complexity index is 228. The summed E-state index contributed by atoms with van der Waals surface area (Å²) in [5, 5.41) is 0.135. The van der Waals surface area contributed by atoms with Crippen LogP contribution >= 0.6 is 50.7 Å². The van der Waals surface area contributed by atoms with Crippen molar-refractivity contribution in [2.45, 2.75) is 6.92 Å². The van der Waals surface area contributed by atoms with E-state index in [0.717, 1.165) is 0 Å². The first-order chi connectivity index (χ1) is 4.95. The second kappa shape index (κ2) is 5.20. The van der Waals surface area contributed by atoms with Crippen LogP contribution in [0.3, 0.4) is 0 Å². The highest BCUT2D eigenvalue weighted by Crippen LogP contribution is 2.21. The van der Waals surface area contributed by atoms with Gasteiger partial charge in [-0.05, 0) is 28.9 Å². The Balaban J connectivity index is 4.58. The van der Waals surface area contributed by atoms with Gasteiger partial charge in [0.25, 0.3) is 0 Å². The summed E-state index contributed by atoms with van der Waals surface area (Å²) in [5.41, 5.74) is 0. The molecule has 0 aromatic carbocycles. The monoisotopic (exact) mass is 276 g/mol. The molecule has 0 spiro atoms. The number of carbonyl (C=O) groups excluding carboxylic acids is 1. The van der Waals surface area contributed by atoms with Gasteiger partial charge in [-0.3, -0.25) is 4.79 Å². The van der Waals surface area contributed by atoms with Crippen LogP contribution in [0.5, 0.6) is 0 Å². The van der Waals surface area contributed by atoms with Crippen LogP contribution in [-0.4, -0.2) is 5.78 Å². The topological polar surface area (TPSA) is 17.1 Å². The zero-order chi connectivity index (χ0) is 9.02. The lowest BCUT2D eigenvalue weighted by Gasteiger charge is -1.91. The number of hydrogen-bond acceptors (Lipinski definition) is 1. The van der Waals surface area contributed by atoms with E-state index in [-0.39, 0.29) is 15.3 Å². The summed E-state index contributed by atoms with van der Waals surface area (Å²) in [4.78, 5) is 10.6. The Morgan fingerprint density at radius 2 is 1.82 bits per heavy atom. The molecule has 1 nitrogen and oxygen atoms in total. The van der Waals surface area contributed by atoms with E-state index in [0.29, 0.717) is 4.48 Å². The minimum Gasteiger partial charge on any atom is -0.294 e. The van der Waals surface area contributed by atoms with Crippen molar-refractivity contribution < 1.29 is 4.79 Å². The molecule has 0 fully saturated rings. The highest BCUT2D eigenvalue weighted by molar-refractivity contribution is 9.12. The van der Waals surface area contributed by atoms with E-state index < -0.39 is 0 Å². The maximum atomic E-state index is 10.6. The van der Waals surface area contributed by atoms with Gasteiger partial charge < -0.3 is 0 Å². The van der Waals surface area contributed by atoms with Gasteiger partial charge >= 0.3 is 0 Å². The lowest BCUT2D eigenvalue weighted by atomic mass is 10.4. The molecule has 0 N–H and O–H groups in total. The minimum atomic E-state index is -0.141. The number of carbonyl (C=O) groups is 1. The molecule has 0 aromatic heterocycles. The van der Waals surface area contributed by atoms with Crippen molar-refractivity contribution in [3.63, 3.8) is 0 Å². The molecule has 0 saturated carbocycles. The molecule has 0 aliphatic heterocycles. The van der Waals surface area contributed by atoms with E-state index in [1.54, 1.807) is 0 Å². The molecule has 0 saturated heterocycles. The lowest BCUT2D eigenvalue weighted by Crippen LogP contribution is -1.87. The molecular formula is C6H4BrCl3O. The third-order valence-electron chi connectivity index (χ3n) is 0.770. The van der Waals surface area contributed by atoms with Crippen molar-refractivity contribution in [2.24, 2.45) is 0 Å². The summed E-state index contributed by atoms with van der Waals surface area (Å²) >= 11 is 19.1. The van der Waals surface area contributed by atoms with Gasteiger partial charge in [0.15, 0.2) is 5.78 Å². The fraction of sp³-hybridized carbons (Fsp3) is 0.167. The molecule has 0 heterocycles. The summed E-state index contributed by atoms with van der Waals surface area (Å²) in [6.45, 7) is 1.40. The van der Waals surface area contributed by atoms with Crippen molar-refractivity contribution in [1.29, 1.82) is 0 Å². The molecule has 0 bridgehead atoms. The van der Waals surface area contributed by atoms with Crippen LogP contribution in [0.2, 0.25) is 0 Å². The Hall–Kier alpha value is 0.500. The number of halogens is 4. The Kier molecular flexibility index (Phi) is 5.44. The van der Waals surface area contributed by atoms with E-state index in [9.17, 15) is 4.79 Å². The standard InChI is InChI=1S/C6H4BrCl3O/c1-3(11)4(7)2-5(8)6(9)10/h2H,1H3. The predicted octanol–water partition coefficient (Wildman–Crippen LogP) is 3.74. The molecule has 0 atom stereocenters. The number of hydrogen-bond donors (Lipinski definition) is 0. The first-order valence-electron chi connectivity index (χ1n) is 2.54. The van der Waals surface area contributed by atoms with Gasteiger partial charge in [0.05, 0.1) is 9.51 Å². The molecule has 11 heavy (non-hydrogen) atoms. The van der Waals surface area contributed by atoms with Crippen LogP contribution in [0.15, 0.2) is 20.1 Å². The lowest BCUT2D eigenvalue weighted by molar-refractivity contribution is -0.112. The minimum absolute atomic E-state index is 0.0649. The molecule has 0 rings (SSSR count). The third kappa shape index (κ3) is 4.86. The molecule has 0 aliphatic carbocycles. The van der Waals surface area contributed by atoms with Crippen LogP contribution in [0.1, 0.15) is 6.92 Å². The molecular weight excluding hydrogens is 274 g/mol. The summed E-state index contributed by atoms with van der Waals surface area (Å²) in [7, 11) is 0. The average molecular weight is 278 g/mol. The number of ketones is 1. The van der Waals surface area contributed by atoms with Crippen LogP contribution in [0.4, 0.5) is 0 Å². The second-order valence-corrected chi connectivity index (χ2v) is 3.87. The zero-order valence-corrected chi connectivity index (χ0v) is 9.35. The van der Waals surface area contributed by atoms with Gasteiger partial charge in [0.1, 0.15) is 4.49 Å². The Labute approximate surface area is 88.1 Å². The van der Waals surface area contributed by atoms with Crippen molar-refractivity contribution in [2.75, 3.05) is 0 Å². The molecule has 0 unspecified atom stereocenters. The molecule has 0 aliphatic rings. The quantitative estimate of drug-likeness (QED) is 0.555. The largest absolute Gasteiger partial charge is 0.294 e. The van der Waals surface area contributed by atoms with Crippen molar-refractivity contribution in [3.8, 4) is 0 Å². The maximum Gasteiger partial charge on any atom is 0.166 e. The average Bonchev–Trinajstić information content (AvgIpc) is 1.87. The summed E-state index contributed by atoms with van der Waals surface area (Å²) in [6.07, 6.45) is 1.35. The number of allylic oxidation sites excluding steroid dienone is 3. The van der Waals surface area contributed by atoms with Gasteiger partial charge in [-0.15, -0.1) is 0 Å². The van der Waals surface area contributed by atoms with Crippen LogP contribution in [0, 0.1) is 0 Å². The van der Waals surface area contributed by atoms with Gasteiger partial charge in [-0.25, -0.2) is 0 Å². The first-order valence-corrected chi connectivity index (χ1v) is 4.46. The van der Waals surface area contributed by atoms with Crippen LogP contribution < -0.4 is 0 Å². The molecule has 0 radical (unpaired) electrons.